The Balaban J connectivity index is 1.98. The van der Waals surface area contributed by atoms with Crippen molar-refractivity contribution in [3.8, 4) is 0 Å². The van der Waals surface area contributed by atoms with Crippen LogP contribution in [-0.2, 0) is 14.1 Å². The molecule has 1 aliphatic carbocycles. The molecule has 4 heteroatoms. The Labute approximate surface area is 104 Å². The highest BCUT2D eigenvalue weighted by Gasteiger charge is 2.55. The standard InChI is InChI=1S/C13H23BO3/c1-11(2)9(7-10(11)15)8-14-16-12(3,4)13(5,6)17-14/h9H,7-8H2,1-6H3. The third-order valence-electron chi connectivity index (χ3n) is 4.95. The summed E-state index contributed by atoms with van der Waals surface area (Å²) in [5.41, 5.74) is -0.727. The van der Waals surface area contributed by atoms with Crippen LogP contribution < -0.4 is 0 Å². The lowest BCUT2D eigenvalue weighted by Crippen LogP contribution is -2.47. The zero-order chi connectivity index (χ0) is 13.1. The van der Waals surface area contributed by atoms with E-state index in [4.69, 9.17) is 9.31 Å². The van der Waals surface area contributed by atoms with Gasteiger partial charge >= 0.3 is 7.12 Å². The highest BCUT2D eigenvalue weighted by atomic mass is 16.7. The van der Waals surface area contributed by atoms with Gasteiger partial charge in [0, 0.05) is 11.8 Å². The van der Waals surface area contributed by atoms with E-state index in [-0.39, 0.29) is 23.7 Å². The van der Waals surface area contributed by atoms with Crippen LogP contribution in [0.1, 0.15) is 48.0 Å². The Kier molecular flexibility index (Phi) is 2.76. The highest BCUT2D eigenvalue weighted by Crippen LogP contribution is 2.48. The fraction of sp³-hybridized carbons (Fsp3) is 0.923. The largest absolute Gasteiger partial charge is 0.458 e. The molecule has 1 unspecified atom stereocenters. The van der Waals surface area contributed by atoms with Crippen molar-refractivity contribution < 1.29 is 14.1 Å². The molecule has 0 bridgehead atoms. The van der Waals surface area contributed by atoms with Gasteiger partial charge in [-0.3, -0.25) is 4.79 Å². The summed E-state index contributed by atoms with van der Waals surface area (Å²) in [6, 6.07) is 0. The Morgan fingerprint density at radius 2 is 1.59 bits per heavy atom. The third kappa shape index (κ3) is 1.95. The van der Waals surface area contributed by atoms with Crippen molar-refractivity contribution in [2.75, 3.05) is 0 Å². The van der Waals surface area contributed by atoms with Gasteiger partial charge in [-0.05, 0) is 39.9 Å². The van der Waals surface area contributed by atoms with Gasteiger partial charge in [0.2, 0.25) is 0 Å². The Morgan fingerprint density at radius 1 is 1.12 bits per heavy atom. The van der Waals surface area contributed by atoms with Gasteiger partial charge in [0.1, 0.15) is 5.78 Å². The molecule has 0 aromatic heterocycles. The van der Waals surface area contributed by atoms with Gasteiger partial charge in [-0.15, -0.1) is 0 Å². The Hall–Kier alpha value is -0.345. The first-order valence-corrected chi connectivity index (χ1v) is 6.45. The lowest BCUT2D eigenvalue weighted by Gasteiger charge is -2.42. The van der Waals surface area contributed by atoms with Crippen LogP contribution in [0.15, 0.2) is 0 Å². The van der Waals surface area contributed by atoms with Crippen LogP contribution in [0.4, 0.5) is 0 Å². The maximum atomic E-state index is 11.5. The molecule has 2 fully saturated rings. The second-order valence-corrected chi connectivity index (χ2v) is 6.97. The molecule has 1 aliphatic heterocycles. The number of carbonyl (C=O) groups is 1. The maximum absolute atomic E-state index is 11.5. The lowest BCUT2D eigenvalue weighted by molar-refractivity contribution is -0.141. The second kappa shape index (κ2) is 3.58. The molecular formula is C13H23BO3. The molecule has 3 nitrogen and oxygen atoms in total. The molecule has 1 saturated heterocycles. The molecule has 0 spiro atoms. The summed E-state index contributed by atoms with van der Waals surface area (Å²) in [5, 5.41) is 0. The minimum absolute atomic E-state index is 0.169. The smallest absolute Gasteiger partial charge is 0.403 e. The van der Waals surface area contributed by atoms with Crippen molar-refractivity contribution in [2.24, 2.45) is 11.3 Å². The molecule has 17 heavy (non-hydrogen) atoms. The van der Waals surface area contributed by atoms with Crippen molar-refractivity contribution in [1.82, 2.24) is 0 Å². The first kappa shape index (κ1) is 13.1. The van der Waals surface area contributed by atoms with Gasteiger partial charge in [0.25, 0.3) is 0 Å². The second-order valence-electron chi connectivity index (χ2n) is 6.97. The number of hydrogen-bond acceptors (Lipinski definition) is 3. The summed E-state index contributed by atoms with van der Waals surface area (Å²) in [5.74, 6) is 0.753. The monoisotopic (exact) mass is 238 g/mol. The molecule has 0 aromatic carbocycles. The zero-order valence-electron chi connectivity index (χ0n) is 11.8. The molecule has 0 amide bonds. The van der Waals surface area contributed by atoms with Gasteiger partial charge < -0.3 is 9.31 Å². The summed E-state index contributed by atoms with van der Waals surface area (Å²) in [6.07, 6.45) is 1.50. The van der Waals surface area contributed by atoms with E-state index in [1.54, 1.807) is 0 Å². The molecule has 96 valence electrons. The fourth-order valence-electron chi connectivity index (χ4n) is 2.51. The van der Waals surface area contributed by atoms with E-state index in [1.807, 2.05) is 13.8 Å². The Morgan fingerprint density at radius 3 is 1.94 bits per heavy atom. The molecule has 0 aromatic rings. The van der Waals surface area contributed by atoms with Crippen LogP contribution in [0, 0.1) is 11.3 Å². The third-order valence-corrected chi connectivity index (χ3v) is 4.95. The van der Waals surface area contributed by atoms with Crippen LogP contribution in [-0.4, -0.2) is 24.1 Å². The minimum Gasteiger partial charge on any atom is -0.403 e. The summed E-state index contributed by atoms with van der Waals surface area (Å²) < 4.78 is 11.9. The number of rotatable bonds is 2. The normalized spacial score (nSPS) is 33.6. The topological polar surface area (TPSA) is 35.5 Å². The predicted octanol–water partition coefficient (Wildman–Crippen LogP) is 2.69. The lowest BCUT2D eigenvalue weighted by atomic mass is 9.55. The van der Waals surface area contributed by atoms with Crippen LogP contribution in [0.5, 0.6) is 0 Å². The Bertz CT molecular complexity index is 331. The SMILES string of the molecule is CC1(C)C(=O)CC1CB1OC(C)(C)C(C)(C)O1. The first-order chi connectivity index (χ1) is 7.56. The molecule has 0 N–H and O–H groups in total. The van der Waals surface area contributed by atoms with Crippen molar-refractivity contribution in [1.29, 1.82) is 0 Å². The van der Waals surface area contributed by atoms with E-state index in [0.29, 0.717) is 18.1 Å². The number of Topliss-reactive ketones (excluding diaryl/α,β-unsaturated/α-hetero) is 1. The molecule has 2 rings (SSSR count). The van der Waals surface area contributed by atoms with Crippen molar-refractivity contribution in [3.05, 3.63) is 0 Å². The molecule has 1 saturated carbocycles. The summed E-state index contributed by atoms with van der Waals surface area (Å²) in [6.45, 7) is 12.3. The minimum atomic E-state index is -0.268. The van der Waals surface area contributed by atoms with Crippen LogP contribution in [0.25, 0.3) is 0 Å². The van der Waals surface area contributed by atoms with Gasteiger partial charge in [-0.25, -0.2) is 0 Å². The molecule has 2 aliphatic rings. The van der Waals surface area contributed by atoms with E-state index < -0.39 is 0 Å². The number of hydrogen-bond donors (Lipinski definition) is 0. The molecular weight excluding hydrogens is 215 g/mol. The fourth-order valence-corrected chi connectivity index (χ4v) is 2.51. The van der Waals surface area contributed by atoms with Crippen LogP contribution in [0.3, 0.4) is 0 Å². The predicted molar refractivity (Wildman–Crippen MR) is 67.8 cm³/mol. The average Bonchev–Trinajstić information content (AvgIpc) is 2.35. The molecule has 0 radical (unpaired) electrons. The summed E-state index contributed by atoms with van der Waals surface area (Å²) in [4.78, 5) is 11.5. The maximum Gasteiger partial charge on any atom is 0.458 e. The van der Waals surface area contributed by atoms with E-state index in [2.05, 4.69) is 27.7 Å². The van der Waals surface area contributed by atoms with E-state index >= 15 is 0 Å². The first-order valence-electron chi connectivity index (χ1n) is 6.45. The van der Waals surface area contributed by atoms with Gasteiger partial charge in [-0.1, -0.05) is 13.8 Å². The van der Waals surface area contributed by atoms with Crippen LogP contribution in [0.2, 0.25) is 6.32 Å². The average molecular weight is 238 g/mol. The van der Waals surface area contributed by atoms with Crippen molar-refractivity contribution in [2.45, 2.75) is 65.5 Å². The highest BCUT2D eigenvalue weighted by molar-refractivity contribution is 6.45. The summed E-state index contributed by atoms with van der Waals surface area (Å²) in [7, 11) is -0.169. The molecule has 1 atom stereocenters. The summed E-state index contributed by atoms with van der Waals surface area (Å²) >= 11 is 0. The van der Waals surface area contributed by atoms with Gasteiger partial charge in [0.05, 0.1) is 11.2 Å². The van der Waals surface area contributed by atoms with Gasteiger partial charge in [-0.2, -0.15) is 0 Å². The number of ketones is 1. The molecule has 1 heterocycles. The number of carbonyl (C=O) groups excluding carboxylic acids is 1. The van der Waals surface area contributed by atoms with Crippen LogP contribution >= 0.6 is 0 Å². The van der Waals surface area contributed by atoms with Crippen molar-refractivity contribution in [3.63, 3.8) is 0 Å². The zero-order valence-corrected chi connectivity index (χ0v) is 11.8. The van der Waals surface area contributed by atoms with E-state index in [1.165, 1.54) is 0 Å². The van der Waals surface area contributed by atoms with Crippen molar-refractivity contribution >= 4 is 12.9 Å². The van der Waals surface area contributed by atoms with E-state index in [0.717, 1.165) is 6.32 Å². The van der Waals surface area contributed by atoms with E-state index in [9.17, 15) is 4.79 Å². The quantitative estimate of drug-likeness (QED) is 0.694. The van der Waals surface area contributed by atoms with Gasteiger partial charge in [0.15, 0.2) is 0 Å².